The standard InChI is InChI=1S/C22H22N4O2/c1-4-26(20-7-5-6-15(2)12-20)21(28)18-13-23-22(24-14-18)25-19-10-8-17(9-11-19)16(3)27/h5-14H,4H2,1-3H3,(H,23,24,25). The lowest BCUT2D eigenvalue weighted by Crippen LogP contribution is -2.30. The summed E-state index contributed by atoms with van der Waals surface area (Å²) in [5, 5.41) is 3.06. The van der Waals surface area contributed by atoms with Gasteiger partial charge in [0.05, 0.1) is 5.56 Å². The number of aromatic nitrogens is 2. The number of nitrogens with zero attached hydrogens (tertiary/aromatic N) is 3. The van der Waals surface area contributed by atoms with Gasteiger partial charge < -0.3 is 10.2 Å². The Kier molecular flexibility index (Phi) is 5.79. The van der Waals surface area contributed by atoms with Crippen LogP contribution in [0.25, 0.3) is 0 Å². The number of aryl methyl sites for hydroxylation is 1. The molecule has 0 saturated heterocycles. The van der Waals surface area contributed by atoms with Crippen LogP contribution < -0.4 is 10.2 Å². The molecular formula is C22H22N4O2. The SMILES string of the molecule is CCN(C(=O)c1cnc(Nc2ccc(C(C)=O)cc2)nc1)c1cccc(C)c1. The average Bonchev–Trinajstić information content (AvgIpc) is 2.69. The Labute approximate surface area is 164 Å². The third kappa shape index (κ3) is 4.40. The zero-order valence-corrected chi connectivity index (χ0v) is 16.1. The Morgan fingerprint density at radius 1 is 1.00 bits per heavy atom. The van der Waals surface area contributed by atoms with Crippen molar-refractivity contribution < 1.29 is 9.59 Å². The third-order valence-corrected chi connectivity index (χ3v) is 4.32. The maximum atomic E-state index is 12.9. The summed E-state index contributed by atoms with van der Waals surface area (Å²) in [7, 11) is 0. The summed E-state index contributed by atoms with van der Waals surface area (Å²) in [5.41, 5.74) is 3.76. The second kappa shape index (κ2) is 8.43. The van der Waals surface area contributed by atoms with E-state index in [2.05, 4.69) is 15.3 Å². The van der Waals surface area contributed by atoms with Gasteiger partial charge in [0.1, 0.15) is 0 Å². The largest absolute Gasteiger partial charge is 0.324 e. The van der Waals surface area contributed by atoms with E-state index in [9.17, 15) is 9.59 Å². The van der Waals surface area contributed by atoms with Gasteiger partial charge in [0, 0.05) is 35.9 Å². The molecular weight excluding hydrogens is 352 g/mol. The monoisotopic (exact) mass is 374 g/mol. The molecule has 0 aliphatic heterocycles. The summed E-state index contributed by atoms with van der Waals surface area (Å²) in [5.74, 6) is 0.246. The smallest absolute Gasteiger partial charge is 0.261 e. The normalized spacial score (nSPS) is 10.4. The van der Waals surface area contributed by atoms with Crippen molar-refractivity contribution in [2.24, 2.45) is 0 Å². The number of Topliss-reactive ketones (excluding diaryl/α,β-unsaturated/α-hetero) is 1. The maximum absolute atomic E-state index is 12.9. The number of ketones is 1. The number of anilines is 3. The number of amides is 1. The number of benzene rings is 2. The third-order valence-electron chi connectivity index (χ3n) is 4.32. The van der Waals surface area contributed by atoms with Gasteiger partial charge in [-0.1, -0.05) is 12.1 Å². The number of rotatable bonds is 6. The van der Waals surface area contributed by atoms with Crippen LogP contribution in [0.5, 0.6) is 0 Å². The molecule has 0 spiro atoms. The number of carbonyl (C=O) groups is 2. The molecule has 2 aromatic carbocycles. The Bertz CT molecular complexity index is 982. The number of hydrogen-bond donors (Lipinski definition) is 1. The van der Waals surface area contributed by atoms with Crippen LogP contribution in [-0.4, -0.2) is 28.2 Å². The molecule has 1 aromatic heterocycles. The first kappa shape index (κ1) is 19.2. The summed E-state index contributed by atoms with van der Waals surface area (Å²) in [6.45, 7) is 6.00. The van der Waals surface area contributed by atoms with Gasteiger partial charge in [0.15, 0.2) is 5.78 Å². The molecule has 0 fully saturated rings. The molecule has 0 radical (unpaired) electrons. The molecule has 0 aliphatic carbocycles. The molecule has 0 unspecified atom stereocenters. The molecule has 6 nitrogen and oxygen atoms in total. The molecule has 1 heterocycles. The van der Waals surface area contributed by atoms with Crippen molar-refractivity contribution in [3.8, 4) is 0 Å². The summed E-state index contributed by atoms with van der Waals surface area (Å²) < 4.78 is 0. The van der Waals surface area contributed by atoms with E-state index in [0.29, 0.717) is 23.6 Å². The van der Waals surface area contributed by atoms with Gasteiger partial charge >= 0.3 is 0 Å². The molecule has 0 saturated carbocycles. The van der Waals surface area contributed by atoms with Gasteiger partial charge in [-0.05, 0) is 62.7 Å². The predicted octanol–water partition coefficient (Wildman–Crippen LogP) is 4.40. The number of carbonyl (C=O) groups excluding carboxylic acids is 2. The Morgan fingerprint density at radius 2 is 1.68 bits per heavy atom. The second-order valence-corrected chi connectivity index (χ2v) is 6.44. The molecule has 0 aliphatic rings. The van der Waals surface area contributed by atoms with Crippen molar-refractivity contribution in [3.05, 3.63) is 77.6 Å². The molecule has 1 amide bonds. The Balaban J connectivity index is 1.74. The van der Waals surface area contributed by atoms with Crippen molar-refractivity contribution in [2.45, 2.75) is 20.8 Å². The van der Waals surface area contributed by atoms with Crippen molar-refractivity contribution in [3.63, 3.8) is 0 Å². The predicted molar refractivity (Wildman–Crippen MR) is 110 cm³/mol. The fourth-order valence-electron chi connectivity index (χ4n) is 2.82. The van der Waals surface area contributed by atoms with E-state index in [1.165, 1.54) is 19.3 Å². The van der Waals surface area contributed by atoms with Crippen LogP contribution in [0.4, 0.5) is 17.3 Å². The van der Waals surface area contributed by atoms with Crippen LogP contribution in [0.1, 0.15) is 40.1 Å². The molecule has 6 heteroatoms. The highest BCUT2D eigenvalue weighted by Gasteiger charge is 2.17. The maximum Gasteiger partial charge on any atom is 0.261 e. The van der Waals surface area contributed by atoms with E-state index in [1.54, 1.807) is 29.2 Å². The van der Waals surface area contributed by atoms with Crippen LogP contribution in [0.3, 0.4) is 0 Å². The first-order valence-corrected chi connectivity index (χ1v) is 9.06. The van der Waals surface area contributed by atoms with Crippen molar-refractivity contribution >= 4 is 29.0 Å². The van der Waals surface area contributed by atoms with E-state index >= 15 is 0 Å². The molecule has 0 atom stereocenters. The average molecular weight is 374 g/mol. The van der Waals surface area contributed by atoms with Gasteiger partial charge in [0.25, 0.3) is 5.91 Å². The minimum atomic E-state index is -0.148. The number of nitrogens with one attached hydrogen (secondary N) is 1. The topological polar surface area (TPSA) is 75.2 Å². The highest BCUT2D eigenvalue weighted by molar-refractivity contribution is 6.05. The Morgan fingerprint density at radius 3 is 2.25 bits per heavy atom. The van der Waals surface area contributed by atoms with E-state index < -0.39 is 0 Å². The van der Waals surface area contributed by atoms with Crippen LogP contribution in [0, 0.1) is 6.92 Å². The van der Waals surface area contributed by atoms with Crippen molar-refractivity contribution in [1.82, 2.24) is 9.97 Å². The first-order valence-electron chi connectivity index (χ1n) is 9.06. The van der Waals surface area contributed by atoms with E-state index in [0.717, 1.165) is 16.9 Å². The zero-order valence-electron chi connectivity index (χ0n) is 16.1. The van der Waals surface area contributed by atoms with E-state index in [4.69, 9.17) is 0 Å². The lowest BCUT2D eigenvalue weighted by molar-refractivity contribution is 0.0985. The first-order chi connectivity index (χ1) is 13.5. The zero-order chi connectivity index (χ0) is 20.1. The van der Waals surface area contributed by atoms with Crippen LogP contribution in [0.2, 0.25) is 0 Å². The summed E-state index contributed by atoms with van der Waals surface area (Å²) >= 11 is 0. The minimum Gasteiger partial charge on any atom is -0.324 e. The molecule has 28 heavy (non-hydrogen) atoms. The highest BCUT2D eigenvalue weighted by atomic mass is 16.2. The molecule has 1 N–H and O–H groups in total. The fourth-order valence-corrected chi connectivity index (χ4v) is 2.82. The van der Waals surface area contributed by atoms with Gasteiger partial charge in [-0.25, -0.2) is 9.97 Å². The van der Waals surface area contributed by atoms with Gasteiger partial charge in [-0.3, -0.25) is 9.59 Å². The summed E-state index contributed by atoms with van der Waals surface area (Å²) in [6.07, 6.45) is 3.03. The Hall–Kier alpha value is -3.54. The lowest BCUT2D eigenvalue weighted by Gasteiger charge is -2.21. The van der Waals surface area contributed by atoms with Crippen LogP contribution in [0.15, 0.2) is 60.9 Å². The molecule has 3 aromatic rings. The number of hydrogen-bond acceptors (Lipinski definition) is 5. The van der Waals surface area contributed by atoms with E-state index in [1.807, 2.05) is 38.1 Å². The van der Waals surface area contributed by atoms with E-state index in [-0.39, 0.29) is 11.7 Å². The minimum absolute atomic E-state index is 0.0137. The molecule has 3 rings (SSSR count). The highest BCUT2D eigenvalue weighted by Crippen LogP contribution is 2.19. The van der Waals surface area contributed by atoms with Gasteiger partial charge in [-0.2, -0.15) is 0 Å². The molecule has 0 bridgehead atoms. The molecule has 142 valence electrons. The fraction of sp³-hybridized carbons (Fsp3) is 0.182. The quantitative estimate of drug-likeness (QED) is 0.647. The van der Waals surface area contributed by atoms with Gasteiger partial charge in [-0.15, -0.1) is 0 Å². The second-order valence-electron chi connectivity index (χ2n) is 6.44. The van der Waals surface area contributed by atoms with Crippen molar-refractivity contribution in [1.29, 1.82) is 0 Å². The van der Waals surface area contributed by atoms with Crippen molar-refractivity contribution in [2.75, 3.05) is 16.8 Å². The van der Waals surface area contributed by atoms with Crippen LogP contribution >= 0.6 is 0 Å². The van der Waals surface area contributed by atoms with Gasteiger partial charge in [0.2, 0.25) is 5.95 Å². The summed E-state index contributed by atoms with van der Waals surface area (Å²) in [6, 6.07) is 14.9. The van der Waals surface area contributed by atoms with Crippen LogP contribution in [-0.2, 0) is 0 Å². The lowest BCUT2D eigenvalue weighted by atomic mass is 10.1. The summed E-state index contributed by atoms with van der Waals surface area (Å²) in [4.78, 5) is 34.4.